The standard InChI is InChI=1S/C14H20BrClO2/c1-5-6-9(2)14(16)10-7-13(18-4)11(15)8-12(10)17-3/h7-9,14H,5-6H2,1-4H3. The molecule has 0 saturated heterocycles. The largest absolute Gasteiger partial charge is 0.496 e. The summed E-state index contributed by atoms with van der Waals surface area (Å²) in [7, 11) is 3.31. The van der Waals surface area contributed by atoms with Crippen LogP contribution in [0.3, 0.4) is 0 Å². The molecule has 0 saturated carbocycles. The Morgan fingerprint density at radius 3 is 2.33 bits per heavy atom. The van der Waals surface area contributed by atoms with Gasteiger partial charge in [0, 0.05) is 5.56 Å². The molecule has 0 fully saturated rings. The fourth-order valence-electron chi connectivity index (χ4n) is 2.01. The second-order valence-corrected chi connectivity index (χ2v) is 5.72. The third-order valence-electron chi connectivity index (χ3n) is 3.04. The number of alkyl halides is 1. The number of methoxy groups -OCH3 is 2. The van der Waals surface area contributed by atoms with Gasteiger partial charge in [-0.3, -0.25) is 0 Å². The molecule has 0 radical (unpaired) electrons. The average molecular weight is 336 g/mol. The summed E-state index contributed by atoms with van der Waals surface area (Å²) >= 11 is 10.0. The number of hydrogen-bond acceptors (Lipinski definition) is 2. The first-order valence-electron chi connectivity index (χ1n) is 6.10. The highest BCUT2D eigenvalue weighted by Crippen LogP contribution is 2.41. The van der Waals surface area contributed by atoms with Gasteiger partial charge in [-0.25, -0.2) is 0 Å². The van der Waals surface area contributed by atoms with Gasteiger partial charge in [-0.15, -0.1) is 11.6 Å². The Kier molecular flexibility index (Phi) is 6.30. The van der Waals surface area contributed by atoms with Crippen molar-refractivity contribution < 1.29 is 9.47 Å². The predicted octanol–water partition coefficient (Wildman–Crippen LogP) is 5.18. The van der Waals surface area contributed by atoms with Crippen LogP contribution in [0.4, 0.5) is 0 Å². The van der Waals surface area contributed by atoms with Crippen molar-refractivity contribution in [2.75, 3.05) is 14.2 Å². The minimum atomic E-state index is -0.0677. The zero-order chi connectivity index (χ0) is 13.7. The Balaban J connectivity index is 3.12. The quantitative estimate of drug-likeness (QED) is 0.667. The van der Waals surface area contributed by atoms with E-state index in [9.17, 15) is 0 Å². The van der Waals surface area contributed by atoms with Gasteiger partial charge in [0.05, 0.1) is 24.1 Å². The maximum absolute atomic E-state index is 6.55. The molecule has 0 bridgehead atoms. The summed E-state index contributed by atoms with van der Waals surface area (Å²) in [6, 6.07) is 3.86. The molecule has 2 nitrogen and oxygen atoms in total. The highest BCUT2D eigenvalue weighted by atomic mass is 79.9. The first-order valence-corrected chi connectivity index (χ1v) is 7.33. The minimum absolute atomic E-state index is 0.0677. The molecule has 1 aromatic carbocycles. The SMILES string of the molecule is CCCC(C)C(Cl)c1cc(OC)c(Br)cc1OC. The lowest BCUT2D eigenvalue weighted by Crippen LogP contribution is -2.06. The van der Waals surface area contributed by atoms with E-state index in [-0.39, 0.29) is 5.38 Å². The van der Waals surface area contributed by atoms with Crippen LogP contribution >= 0.6 is 27.5 Å². The topological polar surface area (TPSA) is 18.5 Å². The molecule has 0 spiro atoms. The van der Waals surface area contributed by atoms with E-state index in [1.807, 2.05) is 12.1 Å². The lowest BCUT2D eigenvalue weighted by Gasteiger charge is -2.21. The lowest BCUT2D eigenvalue weighted by atomic mass is 9.95. The van der Waals surface area contributed by atoms with E-state index in [2.05, 4.69) is 29.8 Å². The molecule has 1 aromatic rings. The van der Waals surface area contributed by atoms with Gasteiger partial charge >= 0.3 is 0 Å². The van der Waals surface area contributed by atoms with Crippen molar-refractivity contribution >= 4 is 27.5 Å². The molecule has 102 valence electrons. The van der Waals surface area contributed by atoms with E-state index in [0.717, 1.165) is 34.4 Å². The summed E-state index contributed by atoms with van der Waals surface area (Å²) in [5.74, 6) is 1.97. The lowest BCUT2D eigenvalue weighted by molar-refractivity contribution is 0.390. The van der Waals surface area contributed by atoms with Crippen molar-refractivity contribution in [2.24, 2.45) is 5.92 Å². The second-order valence-electron chi connectivity index (χ2n) is 4.40. The van der Waals surface area contributed by atoms with Crippen molar-refractivity contribution in [3.63, 3.8) is 0 Å². The number of hydrogen-bond donors (Lipinski definition) is 0. The van der Waals surface area contributed by atoms with Gasteiger partial charge in [0.1, 0.15) is 11.5 Å². The Morgan fingerprint density at radius 2 is 1.83 bits per heavy atom. The van der Waals surface area contributed by atoms with Gasteiger partial charge in [-0.2, -0.15) is 0 Å². The highest BCUT2D eigenvalue weighted by molar-refractivity contribution is 9.10. The second kappa shape index (κ2) is 7.25. The molecular weight excluding hydrogens is 316 g/mol. The molecule has 0 amide bonds. The molecule has 0 aromatic heterocycles. The van der Waals surface area contributed by atoms with E-state index >= 15 is 0 Å². The van der Waals surface area contributed by atoms with E-state index in [0.29, 0.717) is 5.92 Å². The van der Waals surface area contributed by atoms with Crippen LogP contribution in [-0.2, 0) is 0 Å². The number of ether oxygens (including phenoxy) is 2. The fourth-order valence-corrected chi connectivity index (χ4v) is 2.79. The van der Waals surface area contributed by atoms with Crippen molar-refractivity contribution in [2.45, 2.75) is 32.1 Å². The van der Waals surface area contributed by atoms with Gasteiger partial charge < -0.3 is 9.47 Å². The average Bonchev–Trinajstić information content (AvgIpc) is 2.37. The molecule has 0 N–H and O–H groups in total. The molecule has 2 unspecified atom stereocenters. The molecule has 0 aliphatic carbocycles. The molecule has 18 heavy (non-hydrogen) atoms. The molecule has 0 aliphatic heterocycles. The summed E-state index contributed by atoms with van der Waals surface area (Å²) in [6.45, 7) is 4.33. The number of halogens is 2. The normalized spacial score (nSPS) is 14.1. The van der Waals surface area contributed by atoms with Gasteiger partial charge in [0.2, 0.25) is 0 Å². The smallest absolute Gasteiger partial charge is 0.133 e. The van der Waals surface area contributed by atoms with Crippen LogP contribution < -0.4 is 9.47 Å². The van der Waals surface area contributed by atoms with E-state index in [1.54, 1.807) is 14.2 Å². The first-order chi connectivity index (χ1) is 8.54. The summed E-state index contributed by atoms with van der Waals surface area (Å²) < 4.78 is 11.6. The maximum Gasteiger partial charge on any atom is 0.133 e. The van der Waals surface area contributed by atoms with Crippen LogP contribution in [0.1, 0.15) is 37.6 Å². The minimum Gasteiger partial charge on any atom is -0.496 e. The Hall–Kier alpha value is -0.410. The van der Waals surface area contributed by atoms with Crippen molar-refractivity contribution in [3.05, 3.63) is 22.2 Å². The zero-order valence-electron chi connectivity index (χ0n) is 11.3. The van der Waals surface area contributed by atoms with Gasteiger partial charge in [-0.1, -0.05) is 20.3 Å². The maximum atomic E-state index is 6.55. The van der Waals surface area contributed by atoms with Crippen LogP contribution in [0.5, 0.6) is 11.5 Å². The van der Waals surface area contributed by atoms with Crippen molar-refractivity contribution in [3.8, 4) is 11.5 Å². The zero-order valence-corrected chi connectivity index (χ0v) is 13.6. The molecule has 1 rings (SSSR count). The summed E-state index contributed by atoms with van der Waals surface area (Å²) in [6.07, 6.45) is 2.22. The number of rotatable bonds is 6. The molecule has 0 aliphatic rings. The number of benzene rings is 1. The predicted molar refractivity (Wildman–Crippen MR) is 79.9 cm³/mol. The molecular formula is C14H20BrClO2. The van der Waals surface area contributed by atoms with Crippen LogP contribution in [-0.4, -0.2) is 14.2 Å². The van der Waals surface area contributed by atoms with Gasteiger partial charge in [0.15, 0.2) is 0 Å². The van der Waals surface area contributed by atoms with Gasteiger partial charge in [-0.05, 0) is 40.4 Å². The summed E-state index contributed by atoms with van der Waals surface area (Å²) in [5.41, 5.74) is 0.986. The Labute approximate surface area is 123 Å². The van der Waals surface area contributed by atoms with Gasteiger partial charge in [0.25, 0.3) is 0 Å². The van der Waals surface area contributed by atoms with Crippen molar-refractivity contribution in [1.82, 2.24) is 0 Å². The van der Waals surface area contributed by atoms with E-state index < -0.39 is 0 Å². The molecule has 4 heteroatoms. The first kappa shape index (κ1) is 15.6. The molecule has 2 atom stereocenters. The third-order valence-corrected chi connectivity index (χ3v) is 4.33. The summed E-state index contributed by atoms with van der Waals surface area (Å²) in [5, 5.41) is -0.0677. The highest BCUT2D eigenvalue weighted by Gasteiger charge is 2.21. The third kappa shape index (κ3) is 3.55. The Bertz CT molecular complexity index is 396. The van der Waals surface area contributed by atoms with Crippen LogP contribution in [0.2, 0.25) is 0 Å². The summed E-state index contributed by atoms with van der Waals surface area (Å²) in [4.78, 5) is 0. The van der Waals surface area contributed by atoms with Crippen LogP contribution in [0.25, 0.3) is 0 Å². The fraction of sp³-hybridized carbons (Fsp3) is 0.571. The van der Waals surface area contributed by atoms with Crippen molar-refractivity contribution in [1.29, 1.82) is 0 Å². The molecule has 0 heterocycles. The van der Waals surface area contributed by atoms with E-state index in [1.165, 1.54) is 0 Å². The van der Waals surface area contributed by atoms with Crippen LogP contribution in [0, 0.1) is 5.92 Å². The van der Waals surface area contributed by atoms with Crippen LogP contribution in [0.15, 0.2) is 16.6 Å². The Morgan fingerprint density at radius 1 is 1.22 bits per heavy atom. The monoisotopic (exact) mass is 334 g/mol. The van der Waals surface area contributed by atoms with E-state index in [4.69, 9.17) is 21.1 Å².